The number of nitrogens with one attached hydrogen (secondary N) is 2. The summed E-state index contributed by atoms with van der Waals surface area (Å²) in [7, 11) is 3.27. The molecule has 0 saturated carbocycles. The number of H-pyrrole nitrogens is 1. The first-order valence-electron chi connectivity index (χ1n) is 8.16. The molecule has 0 fully saturated rings. The lowest BCUT2D eigenvalue weighted by Crippen LogP contribution is -2.25. The largest absolute Gasteiger partial charge is 0.497 e. The van der Waals surface area contributed by atoms with E-state index >= 15 is 0 Å². The summed E-state index contributed by atoms with van der Waals surface area (Å²) in [6.07, 6.45) is 0.314. The summed E-state index contributed by atoms with van der Waals surface area (Å²) in [5, 5.41) is 3.99. The smallest absolute Gasteiger partial charge is 0.224 e. The number of aromatic amines is 1. The molecule has 0 atom stereocenters. The fourth-order valence-electron chi connectivity index (χ4n) is 2.98. The van der Waals surface area contributed by atoms with Gasteiger partial charge in [-0.1, -0.05) is 18.2 Å². The van der Waals surface area contributed by atoms with Crippen molar-refractivity contribution in [2.45, 2.75) is 19.9 Å². The maximum atomic E-state index is 12.4. The van der Waals surface area contributed by atoms with Crippen LogP contribution in [0.2, 0.25) is 0 Å². The van der Waals surface area contributed by atoms with Gasteiger partial charge in [-0.25, -0.2) is 0 Å². The first-order chi connectivity index (χ1) is 12.1. The maximum Gasteiger partial charge on any atom is 0.224 e. The predicted octanol–water partition coefficient (Wildman–Crippen LogP) is 3.35. The molecule has 1 amide bonds. The summed E-state index contributed by atoms with van der Waals surface area (Å²) < 4.78 is 10.6. The number of rotatable bonds is 6. The van der Waals surface area contributed by atoms with E-state index in [9.17, 15) is 4.79 Å². The number of aromatic nitrogens is 1. The van der Waals surface area contributed by atoms with Crippen LogP contribution in [0.1, 0.15) is 16.8 Å². The minimum Gasteiger partial charge on any atom is -0.497 e. The second-order valence-corrected chi connectivity index (χ2v) is 5.91. The van der Waals surface area contributed by atoms with Gasteiger partial charge in [-0.2, -0.15) is 0 Å². The van der Waals surface area contributed by atoms with Gasteiger partial charge in [0.25, 0.3) is 0 Å². The van der Waals surface area contributed by atoms with Crippen LogP contribution in [0.3, 0.4) is 0 Å². The molecule has 5 heteroatoms. The molecule has 130 valence electrons. The summed E-state index contributed by atoms with van der Waals surface area (Å²) in [5.41, 5.74) is 3.95. The Bertz CT molecular complexity index is 899. The molecule has 2 N–H and O–H groups in total. The number of amides is 1. The monoisotopic (exact) mass is 338 g/mol. The molecular weight excluding hydrogens is 316 g/mol. The number of ether oxygens (including phenoxy) is 2. The van der Waals surface area contributed by atoms with E-state index in [4.69, 9.17) is 9.47 Å². The van der Waals surface area contributed by atoms with Crippen molar-refractivity contribution < 1.29 is 14.3 Å². The minimum atomic E-state index is -0.0299. The van der Waals surface area contributed by atoms with E-state index in [1.165, 1.54) is 0 Å². The van der Waals surface area contributed by atoms with Crippen LogP contribution in [0.15, 0.2) is 42.5 Å². The van der Waals surface area contributed by atoms with Crippen LogP contribution < -0.4 is 14.8 Å². The van der Waals surface area contributed by atoms with E-state index in [1.807, 2.05) is 49.4 Å². The van der Waals surface area contributed by atoms with Crippen molar-refractivity contribution in [1.29, 1.82) is 0 Å². The Kier molecular flexibility index (Phi) is 4.93. The molecule has 3 aromatic rings. The van der Waals surface area contributed by atoms with Gasteiger partial charge in [0, 0.05) is 28.7 Å². The SMILES string of the molecule is COc1ccc2[nH]c(C)c(CC(=O)NCc3ccccc3OC)c2c1. The van der Waals surface area contributed by atoms with Gasteiger partial charge in [0.1, 0.15) is 11.5 Å². The van der Waals surface area contributed by atoms with Crippen LogP contribution in [-0.4, -0.2) is 25.1 Å². The lowest BCUT2D eigenvalue weighted by atomic mass is 10.1. The fraction of sp³-hybridized carbons (Fsp3) is 0.250. The quantitative estimate of drug-likeness (QED) is 0.724. The number of fused-ring (bicyclic) bond motifs is 1. The lowest BCUT2D eigenvalue weighted by molar-refractivity contribution is -0.120. The van der Waals surface area contributed by atoms with Gasteiger partial charge < -0.3 is 19.8 Å². The first kappa shape index (κ1) is 16.9. The van der Waals surface area contributed by atoms with Crippen molar-refractivity contribution in [3.63, 3.8) is 0 Å². The van der Waals surface area contributed by atoms with Gasteiger partial charge in [0.15, 0.2) is 0 Å². The van der Waals surface area contributed by atoms with E-state index in [1.54, 1.807) is 14.2 Å². The minimum absolute atomic E-state index is 0.0299. The average molecular weight is 338 g/mol. The number of carbonyl (C=O) groups excluding carboxylic acids is 1. The van der Waals surface area contributed by atoms with E-state index in [-0.39, 0.29) is 5.91 Å². The van der Waals surface area contributed by atoms with E-state index in [0.717, 1.165) is 39.2 Å². The van der Waals surface area contributed by atoms with Gasteiger partial charge in [0.2, 0.25) is 5.91 Å². The molecule has 0 aliphatic rings. The highest BCUT2D eigenvalue weighted by Gasteiger charge is 2.13. The molecule has 0 spiro atoms. The Morgan fingerprint density at radius 3 is 2.68 bits per heavy atom. The summed E-state index contributed by atoms with van der Waals surface area (Å²) in [6.45, 7) is 2.42. The summed E-state index contributed by atoms with van der Waals surface area (Å²) in [4.78, 5) is 15.8. The Morgan fingerprint density at radius 1 is 1.12 bits per heavy atom. The second kappa shape index (κ2) is 7.30. The van der Waals surface area contributed by atoms with Crippen LogP contribution in [0.25, 0.3) is 10.9 Å². The Hall–Kier alpha value is -2.95. The molecule has 0 bridgehead atoms. The van der Waals surface area contributed by atoms with Crippen molar-refractivity contribution in [3.05, 3.63) is 59.3 Å². The van der Waals surface area contributed by atoms with Crippen LogP contribution in [-0.2, 0) is 17.8 Å². The van der Waals surface area contributed by atoms with Gasteiger partial charge >= 0.3 is 0 Å². The van der Waals surface area contributed by atoms with Crippen LogP contribution >= 0.6 is 0 Å². The Morgan fingerprint density at radius 2 is 1.92 bits per heavy atom. The highest BCUT2D eigenvalue weighted by molar-refractivity contribution is 5.91. The van der Waals surface area contributed by atoms with Crippen molar-refractivity contribution in [2.24, 2.45) is 0 Å². The average Bonchev–Trinajstić information content (AvgIpc) is 2.94. The highest BCUT2D eigenvalue weighted by Crippen LogP contribution is 2.26. The zero-order valence-electron chi connectivity index (χ0n) is 14.7. The number of hydrogen-bond donors (Lipinski definition) is 2. The van der Waals surface area contributed by atoms with Gasteiger partial charge in [-0.3, -0.25) is 4.79 Å². The molecule has 0 unspecified atom stereocenters. The third-order valence-electron chi connectivity index (χ3n) is 4.33. The Balaban J connectivity index is 1.74. The number of methoxy groups -OCH3 is 2. The molecule has 0 aliphatic carbocycles. The zero-order chi connectivity index (χ0) is 17.8. The van der Waals surface area contributed by atoms with Crippen LogP contribution in [0, 0.1) is 6.92 Å². The molecule has 0 radical (unpaired) electrons. The van der Waals surface area contributed by atoms with E-state index in [0.29, 0.717) is 13.0 Å². The summed E-state index contributed by atoms with van der Waals surface area (Å²) >= 11 is 0. The van der Waals surface area contributed by atoms with Crippen molar-refractivity contribution in [1.82, 2.24) is 10.3 Å². The summed E-state index contributed by atoms with van der Waals surface area (Å²) in [5.74, 6) is 1.52. The number of benzene rings is 2. The zero-order valence-corrected chi connectivity index (χ0v) is 14.7. The molecule has 2 aromatic carbocycles. The summed E-state index contributed by atoms with van der Waals surface area (Å²) in [6, 6.07) is 13.5. The van der Waals surface area contributed by atoms with Gasteiger partial charge in [-0.05, 0) is 36.8 Å². The molecule has 0 aliphatic heterocycles. The molecule has 3 rings (SSSR count). The third-order valence-corrected chi connectivity index (χ3v) is 4.33. The Labute approximate surface area is 147 Å². The van der Waals surface area contributed by atoms with Crippen LogP contribution in [0.5, 0.6) is 11.5 Å². The van der Waals surface area contributed by atoms with E-state index in [2.05, 4.69) is 10.3 Å². The fourth-order valence-corrected chi connectivity index (χ4v) is 2.98. The number of para-hydroxylation sites is 1. The maximum absolute atomic E-state index is 12.4. The van der Waals surface area contributed by atoms with Gasteiger partial charge in [0.05, 0.1) is 20.6 Å². The molecule has 0 saturated heterocycles. The second-order valence-electron chi connectivity index (χ2n) is 5.91. The topological polar surface area (TPSA) is 63.4 Å². The first-order valence-corrected chi connectivity index (χ1v) is 8.16. The normalized spacial score (nSPS) is 10.7. The lowest BCUT2D eigenvalue weighted by Gasteiger charge is -2.10. The van der Waals surface area contributed by atoms with Gasteiger partial charge in [-0.15, -0.1) is 0 Å². The van der Waals surface area contributed by atoms with Crippen molar-refractivity contribution >= 4 is 16.8 Å². The molecular formula is C20H22N2O3. The standard InChI is InChI=1S/C20H22N2O3/c1-13-16(17-10-15(24-2)8-9-18(17)22-13)11-20(23)21-12-14-6-4-5-7-19(14)25-3/h4-10,22H,11-12H2,1-3H3,(H,21,23). The predicted molar refractivity (Wildman–Crippen MR) is 98.1 cm³/mol. The number of hydrogen-bond acceptors (Lipinski definition) is 3. The molecule has 1 aromatic heterocycles. The molecule has 1 heterocycles. The van der Waals surface area contributed by atoms with E-state index < -0.39 is 0 Å². The van der Waals surface area contributed by atoms with Crippen LogP contribution in [0.4, 0.5) is 0 Å². The highest BCUT2D eigenvalue weighted by atomic mass is 16.5. The molecule has 25 heavy (non-hydrogen) atoms. The third kappa shape index (κ3) is 3.60. The van der Waals surface area contributed by atoms with Crippen molar-refractivity contribution in [3.8, 4) is 11.5 Å². The number of carbonyl (C=O) groups is 1. The molecule has 5 nitrogen and oxygen atoms in total. The number of aryl methyl sites for hydroxylation is 1. The van der Waals surface area contributed by atoms with Crippen molar-refractivity contribution in [2.75, 3.05) is 14.2 Å².